The number of aliphatic hydroxyl groups excluding tert-OH is 13. The van der Waals surface area contributed by atoms with Gasteiger partial charge in [-0.05, 0) is 94.3 Å². The molecule has 3 heterocycles. The molecule has 0 bridgehead atoms. The standard InChI is InChI=1S/C48H80O19/c1-21(2)10-9-13-47(7,67-42-39(61)36(58)33(55)25(19-50)63-42)22-11-15-46(6)31(22)23(52)16-28-45(5)14-12-30(44(3,4)27(45)17-29(53)48(28,46)8)65-43-40(37(59)34(56)26(20-51)64-43)66-41-38(60)35(57)32(54)24(18-49)62-41/h10,17,22-26,28-43,49-61H,9,11-16,18-20H2,1-8H3/t22-,23-,24-,25-,26+,28-,29+,30+,31-,32+,33+,34+,35-,36-,37+,38-,39+,40+,41+,42+,43-,45-,46+,47-,48-/m0/s1. The fourth-order valence-electron chi connectivity index (χ4n) is 14.1. The van der Waals surface area contributed by atoms with E-state index < -0.39 is 158 Å². The van der Waals surface area contributed by atoms with Gasteiger partial charge in [-0.3, -0.25) is 0 Å². The first-order valence-electron chi connectivity index (χ1n) is 24.2. The van der Waals surface area contributed by atoms with Gasteiger partial charge in [-0.1, -0.05) is 57.9 Å². The third-order valence-electron chi connectivity index (χ3n) is 18.2. The first-order valence-corrected chi connectivity index (χ1v) is 24.2. The Hall–Kier alpha value is -1.28. The minimum absolute atomic E-state index is 0.238. The molecule has 19 heteroatoms. The average Bonchev–Trinajstić information content (AvgIpc) is 3.66. The quantitative estimate of drug-likeness (QED) is 0.0971. The van der Waals surface area contributed by atoms with E-state index in [-0.39, 0.29) is 17.8 Å². The first-order chi connectivity index (χ1) is 31.3. The van der Waals surface area contributed by atoms with E-state index in [1.807, 2.05) is 40.7 Å². The molecular weight excluding hydrogens is 881 g/mol. The van der Waals surface area contributed by atoms with Gasteiger partial charge in [0.1, 0.15) is 73.2 Å². The maximum atomic E-state index is 12.7. The highest BCUT2D eigenvalue weighted by molar-refractivity contribution is 5.36. The Bertz CT molecular complexity index is 1780. The van der Waals surface area contributed by atoms with Crippen molar-refractivity contribution in [2.24, 2.45) is 39.4 Å². The smallest absolute Gasteiger partial charge is 0.187 e. The van der Waals surface area contributed by atoms with E-state index >= 15 is 0 Å². The Labute approximate surface area is 392 Å². The van der Waals surface area contributed by atoms with Crippen molar-refractivity contribution in [2.75, 3.05) is 19.8 Å². The summed E-state index contributed by atoms with van der Waals surface area (Å²) in [6, 6.07) is 0. The molecule has 25 atom stereocenters. The number of rotatable bonds is 13. The van der Waals surface area contributed by atoms with Gasteiger partial charge in [-0.2, -0.15) is 0 Å². The predicted molar refractivity (Wildman–Crippen MR) is 235 cm³/mol. The second-order valence-electron chi connectivity index (χ2n) is 22.5. The molecule has 0 aromatic carbocycles. The van der Waals surface area contributed by atoms with E-state index in [2.05, 4.69) is 26.8 Å². The Kier molecular flexibility index (Phi) is 15.7. The topological polar surface area (TPSA) is 318 Å². The Morgan fingerprint density at radius 2 is 1.22 bits per heavy atom. The average molecular weight is 961 g/mol. The molecule has 0 aromatic heterocycles. The van der Waals surface area contributed by atoms with Gasteiger partial charge in [-0.25, -0.2) is 0 Å². The highest BCUT2D eigenvalue weighted by atomic mass is 16.8. The molecule has 67 heavy (non-hydrogen) atoms. The summed E-state index contributed by atoms with van der Waals surface area (Å²) in [5, 5.41) is 142. The van der Waals surface area contributed by atoms with Crippen LogP contribution in [0.1, 0.15) is 100 Å². The van der Waals surface area contributed by atoms with Crippen molar-refractivity contribution in [3.63, 3.8) is 0 Å². The van der Waals surface area contributed by atoms with E-state index in [1.54, 1.807) is 0 Å². The molecule has 6 fully saturated rings. The Morgan fingerprint density at radius 1 is 0.687 bits per heavy atom. The zero-order valence-electron chi connectivity index (χ0n) is 40.1. The van der Waals surface area contributed by atoms with Crippen LogP contribution in [0.4, 0.5) is 0 Å². The molecule has 0 amide bonds. The lowest BCUT2D eigenvalue weighted by molar-refractivity contribution is -0.375. The molecule has 3 saturated heterocycles. The molecule has 3 saturated carbocycles. The number of hydrogen-bond donors (Lipinski definition) is 13. The number of aliphatic hydroxyl groups is 13. The van der Waals surface area contributed by atoms with Gasteiger partial charge >= 0.3 is 0 Å². The number of fused-ring (bicyclic) bond motifs is 5. The minimum atomic E-state index is -1.83. The van der Waals surface area contributed by atoms with Gasteiger partial charge in [-0.15, -0.1) is 0 Å². The van der Waals surface area contributed by atoms with Crippen LogP contribution in [-0.4, -0.2) is 202 Å². The highest BCUT2D eigenvalue weighted by Gasteiger charge is 2.73. The second-order valence-corrected chi connectivity index (χ2v) is 22.5. The molecule has 4 aliphatic carbocycles. The first kappa shape index (κ1) is 53.5. The summed E-state index contributed by atoms with van der Waals surface area (Å²) in [7, 11) is 0. The van der Waals surface area contributed by atoms with Crippen LogP contribution in [0.25, 0.3) is 0 Å². The van der Waals surface area contributed by atoms with E-state index in [1.165, 1.54) is 0 Å². The van der Waals surface area contributed by atoms with Crippen LogP contribution >= 0.6 is 0 Å². The zero-order chi connectivity index (χ0) is 49.5. The van der Waals surface area contributed by atoms with Crippen molar-refractivity contribution in [3.8, 4) is 0 Å². The molecule has 7 rings (SSSR count). The lowest BCUT2D eigenvalue weighted by Gasteiger charge is -2.69. The van der Waals surface area contributed by atoms with Crippen molar-refractivity contribution in [1.82, 2.24) is 0 Å². The number of hydrogen-bond acceptors (Lipinski definition) is 19. The van der Waals surface area contributed by atoms with Crippen molar-refractivity contribution >= 4 is 0 Å². The lowest BCUT2D eigenvalue weighted by atomic mass is 9.37. The summed E-state index contributed by atoms with van der Waals surface area (Å²) < 4.78 is 36.9. The summed E-state index contributed by atoms with van der Waals surface area (Å²) in [6.45, 7) is 14.3. The van der Waals surface area contributed by atoms with Crippen LogP contribution in [-0.2, 0) is 28.4 Å². The predicted octanol–water partition coefficient (Wildman–Crippen LogP) is -1.14. The largest absolute Gasteiger partial charge is 0.394 e. The van der Waals surface area contributed by atoms with Crippen LogP contribution < -0.4 is 0 Å². The van der Waals surface area contributed by atoms with Crippen LogP contribution in [0.15, 0.2) is 23.3 Å². The summed E-state index contributed by atoms with van der Waals surface area (Å²) in [4.78, 5) is 0. The molecule has 0 radical (unpaired) electrons. The monoisotopic (exact) mass is 961 g/mol. The van der Waals surface area contributed by atoms with E-state index in [9.17, 15) is 66.4 Å². The zero-order valence-corrected chi connectivity index (χ0v) is 40.1. The summed E-state index contributed by atoms with van der Waals surface area (Å²) >= 11 is 0. The minimum Gasteiger partial charge on any atom is -0.394 e. The van der Waals surface area contributed by atoms with Gasteiger partial charge in [0.25, 0.3) is 0 Å². The molecule has 386 valence electrons. The third kappa shape index (κ3) is 8.84. The van der Waals surface area contributed by atoms with Crippen molar-refractivity contribution < 1.29 is 94.8 Å². The summed E-state index contributed by atoms with van der Waals surface area (Å²) in [5.41, 5.74) is -1.89. The Balaban J connectivity index is 1.18. The number of ether oxygens (including phenoxy) is 6. The maximum absolute atomic E-state index is 12.7. The van der Waals surface area contributed by atoms with Crippen LogP contribution in [0.2, 0.25) is 0 Å². The Morgan fingerprint density at radius 3 is 1.79 bits per heavy atom. The third-order valence-corrected chi connectivity index (χ3v) is 18.2. The van der Waals surface area contributed by atoms with Crippen LogP contribution in [0.5, 0.6) is 0 Å². The summed E-state index contributed by atoms with van der Waals surface area (Å²) in [5.74, 6) is -0.932. The molecule has 13 N–H and O–H groups in total. The molecule has 0 unspecified atom stereocenters. The van der Waals surface area contributed by atoms with Crippen molar-refractivity contribution in [2.45, 2.75) is 216 Å². The number of allylic oxidation sites excluding steroid dienone is 2. The van der Waals surface area contributed by atoms with Gasteiger partial charge < -0.3 is 94.8 Å². The molecule has 0 aromatic rings. The fourth-order valence-corrected chi connectivity index (χ4v) is 14.1. The molecule has 19 nitrogen and oxygen atoms in total. The summed E-state index contributed by atoms with van der Waals surface area (Å²) in [6.07, 6.45) is -18.3. The van der Waals surface area contributed by atoms with Gasteiger partial charge in [0.15, 0.2) is 18.9 Å². The van der Waals surface area contributed by atoms with E-state index in [4.69, 9.17) is 28.4 Å². The second kappa shape index (κ2) is 19.6. The highest BCUT2D eigenvalue weighted by Crippen LogP contribution is 2.75. The lowest BCUT2D eigenvalue weighted by Crippen LogP contribution is -2.68. The fraction of sp³-hybridized carbons (Fsp3) is 0.917. The molecular formula is C48H80O19. The van der Waals surface area contributed by atoms with Crippen LogP contribution in [0, 0.1) is 39.4 Å². The van der Waals surface area contributed by atoms with E-state index in [0.717, 1.165) is 11.1 Å². The molecule has 0 spiro atoms. The van der Waals surface area contributed by atoms with Crippen molar-refractivity contribution in [3.05, 3.63) is 23.3 Å². The maximum Gasteiger partial charge on any atom is 0.187 e. The van der Waals surface area contributed by atoms with E-state index in [0.29, 0.717) is 44.9 Å². The van der Waals surface area contributed by atoms with Gasteiger partial charge in [0.2, 0.25) is 0 Å². The SMILES string of the molecule is CC(C)=CCC[C@](C)(O[C@H]1O[C@@H](CO)[C@@H](O)[C@H](O)[C@H]1O)[C@H]1CC[C@]2(C)[C@@H]1[C@@H](O)C[C@@H]1[C@@]2(C)[C@H](O)C=C2C(C)(C)[C@H](O[C@@H]3O[C@H](CO)[C@@H](O)[C@@H](O)[C@H]3O[C@H]3O[C@@H](CO)[C@@H](O)[C@H](O)[C@@H]3O)CC[C@@]21C. The molecule has 3 aliphatic heterocycles. The normalized spacial score (nSPS) is 51.7. The van der Waals surface area contributed by atoms with Gasteiger partial charge in [0.05, 0.1) is 43.7 Å². The van der Waals surface area contributed by atoms with Gasteiger partial charge in [0, 0.05) is 10.8 Å². The molecule has 7 aliphatic rings. The van der Waals surface area contributed by atoms with Crippen molar-refractivity contribution in [1.29, 1.82) is 0 Å². The van der Waals surface area contributed by atoms with Crippen LogP contribution in [0.3, 0.4) is 0 Å².